The van der Waals surface area contributed by atoms with Crippen molar-refractivity contribution < 1.29 is 13.2 Å². The van der Waals surface area contributed by atoms with E-state index < -0.39 is 9.84 Å². The van der Waals surface area contributed by atoms with Crippen molar-refractivity contribution in [3.8, 4) is 0 Å². The second kappa shape index (κ2) is 7.93. The minimum absolute atomic E-state index is 0.0390. The molecule has 0 radical (unpaired) electrons. The van der Waals surface area contributed by atoms with Crippen molar-refractivity contribution >= 4 is 15.7 Å². The monoisotopic (exact) mass is 338 g/mol. The largest absolute Gasteiger partial charge is 0.354 e. The molecule has 1 aromatic rings. The van der Waals surface area contributed by atoms with Crippen molar-refractivity contribution in [1.29, 1.82) is 0 Å². The molecule has 0 saturated carbocycles. The second-order valence-corrected chi connectivity index (χ2v) is 8.28. The molecule has 2 rings (SSSR count). The molecule has 0 unspecified atom stereocenters. The van der Waals surface area contributed by atoms with Gasteiger partial charge >= 0.3 is 0 Å². The molecule has 0 aromatic heterocycles. The molecule has 1 aliphatic rings. The number of hydrogen-bond donors (Lipinski definition) is 1. The number of benzene rings is 1. The van der Waals surface area contributed by atoms with Crippen LogP contribution in [-0.2, 0) is 14.6 Å². The number of rotatable bonds is 7. The quantitative estimate of drug-likeness (QED) is 0.820. The van der Waals surface area contributed by atoms with E-state index in [-0.39, 0.29) is 29.4 Å². The van der Waals surface area contributed by atoms with Gasteiger partial charge in [-0.2, -0.15) is 0 Å². The highest BCUT2D eigenvalue weighted by atomic mass is 32.2. The van der Waals surface area contributed by atoms with E-state index in [0.717, 1.165) is 18.7 Å². The molecule has 1 aromatic carbocycles. The predicted molar refractivity (Wildman–Crippen MR) is 91.9 cm³/mol. The van der Waals surface area contributed by atoms with Crippen LogP contribution in [0.1, 0.15) is 31.9 Å². The smallest absolute Gasteiger partial charge is 0.241 e. The maximum absolute atomic E-state index is 12.7. The number of carbonyl (C=O) groups excluding carboxylic acids is 1. The molecule has 5 nitrogen and oxygen atoms in total. The van der Waals surface area contributed by atoms with Crippen LogP contribution in [0, 0.1) is 5.92 Å². The van der Waals surface area contributed by atoms with Crippen LogP contribution in [-0.4, -0.2) is 50.4 Å². The van der Waals surface area contributed by atoms with Crippen LogP contribution < -0.4 is 5.32 Å². The zero-order valence-corrected chi connectivity index (χ0v) is 14.7. The van der Waals surface area contributed by atoms with Crippen molar-refractivity contribution in [1.82, 2.24) is 10.2 Å². The third-order valence-corrected chi connectivity index (χ3v) is 6.27. The lowest BCUT2D eigenvalue weighted by Gasteiger charge is -2.29. The molecule has 0 spiro atoms. The van der Waals surface area contributed by atoms with Gasteiger partial charge in [0.05, 0.1) is 11.5 Å². The number of amides is 1. The molecule has 0 aliphatic carbocycles. The van der Waals surface area contributed by atoms with E-state index >= 15 is 0 Å². The third-order valence-electron chi connectivity index (χ3n) is 4.43. The van der Waals surface area contributed by atoms with E-state index in [9.17, 15) is 13.2 Å². The summed E-state index contributed by atoms with van der Waals surface area (Å²) < 4.78 is 23.0. The molecule has 128 valence electrons. The zero-order valence-electron chi connectivity index (χ0n) is 13.9. The van der Waals surface area contributed by atoms with E-state index in [1.165, 1.54) is 0 Å². The first-order valence-corrected chi connectivity index (χ1v) is 10.1. The first-order valence-electron chi connectivity index (χ1n) is 8.24. The summed E-state index contributed by atoms with van der Waals surface area (Å²) in [7, 11) is -2.90. The van der Waals surface area contributed by atoms with Gasteiger partial charge in [-0.05, 0) is 31.0 Å². The maximum Gasteiger partial charge on any atom is 0.241 e. The zero-order chi connectivity index (χ0) is 16.9. The Hall–Kier alpha value is -1.40. The van der Waals surface area contributed by atoms with Crippen molar-refractivity contribution in [3.05, 3.63) is 35.9 Å². The highest BCUT2D eigenvalue weighted by Crippen LogP contribution is 2.22. The fraction of sp³-hybridized carbons (Fsp3) is 0.588. The van der Waals surface area contributed by atoms with Gasteiger partial charge < -0.3 is 5.32 Å². The summed E-state index contributed by atoms with van der Waals surface area (Å²) in [6.45, 7) is 6.07. The van der Waals surface area contributed by atoms with Gasteiger partial charge in [-0.25, -0.2) is 8.42 Å². The summed E-state index contributed by atoms with van der Waals surface area (Å²) in [5.41, 5.74) is 0.966. The van der Waals surface area contributed by atoms with Crippen LogP contribution in [0.2, 0.25) is 0 Å². The van der Waals surface area contributed by atoms with E-state index in [4.69, 9.17) is 0 Å². The fourth-order valence-corrected chi connectivity index (χ4v) is 4.99. The van der Waals surface area contributed by atoms with Gasteiger partial charge in [0.25, 0.3) is 0 Å². The molecule has 6 heteroatoms. The van der Waals surface area contributed by atoms with Crippen molar-refractivity contribution in [2.24, 2.45) is 5.92 Å². The molecule has 1 aliphatic heterocycles. The van der Waals surface area contributed by atoms with Gasteiger partial charge in [-0.1, -0.05) is 44.2 Å². The molecular formula is C17H26N2O3S. The topological polar surface area (TPSA) is 66.5 Å². The Morgan fingerprint density at radius 3 is 2.43 bits per heavy atom. The van der Waals surface area contributed by atoms with E-state index in [1.54, 1.807) is 0 Å². The SMILES string of the molecule is CCN(CC)[C@H](C(=O)NC[C@@H]1CCS(=O)(=O)C1)c1ccccc1. The van der Waals surface area contributed by atoms with Gasteiger partial charge in [0.2, 0.25) is 5.91 Å². The van der Waals surface area contributed by atoms with Crippen LogP contribution in [0.5, 0.6) is 0 Å². The van der Waals surface area contributed by atoms with Crippen molar-refractivity contribution in [3.63, 3.8) is 0 Å². The van der Waals surface area contributed by atoms with E-state index in [0.29, 0.717) is 13.0 Å². The lowest BCUT2D eigenvalue weighted by Crippen LogP contribution is -2.42. The molecule has 1 saturated heterocycles. The number of likely N-dealkylation sites (N-methyl/N-ethyl adjacent to an activating group) is 1. The number of sulfone groups is 1. The molecular weight excluding hydrogens is 312 g/mol. The average molecular weight is 338 g/mol. The molecule has 1 N–H and O–H groups in total. The third kappa shape index (κ3) is 4.78. The van der Waals surface area contributed by atoms with E-state index in [1.807, 2.05) is 44.2 Å². The Morgan fingerprint density at radius 2 is 1.91 bits per heavy atom. The standard InChI is InChI=1S/C17H26N2O3S/c1-3-19(4-2)16(15-8-6-5-7-9-15)17(20)18-12-14-10-11-23(21,22)13-14/h5-9,14,16H,3-4,10-13H2,1-2H3,(H,18,20)/t14-,16-/m0/s1. The average Bonchev–Trinajstić information content (AvgIpc) is 2.90. The molecule has 2 atom stereocenters. The Labute approximate surface area is 139 Å². The van der Waals surface area contributed by atoms with E-state index in [2.05, 4.69) is 10.2 Å². The minimum Gasteiger partial charge on any atom is -0.354 e. The molecule has 1 heterocycles. The lowest BCUT2D eigenvalue weighted by atomic mass is 10.0. The first kappa shape index (κ1) is 17.9. The number of carbonyl (C=O) groups is 1. The Balaban J connectivity index is 2.05. The lowest BCUT2D eigenvalue weighted by molar-refractivity contribution is -0.126. The van der Waals surface area contributed by atoms with Gasteiger partial charge in [-0.3, -0.25) is 9.69 Å². The van der Waals surface area contributed by atoms with Gasteiger partial charge in [0, 0.05) is 6.54 Å². The van der Waals surface area contributed by atoms with Gasteiger partial charge in [0.15, 0.2) is 9.84 Å². The molecule has 1 amide bonds. The van der Waals surface area contributed by atoms with Crippen molar-refractivity contribution in [2.75, 3.05) is 31.1 Å². The summed E-state index contributed by atoms with van der Waals surface area (Å²) in [4.78, 5) is 14.8. The highest BCUT2D eigenvalue weighted by Gasteiger charge is 2.30. The highest BCUT2D eigenvalue weighted by molar-refractivity contribution is 7.91. The summed E-state index contributed by atoms with van der Waals surface area (Å²) in [6, 6.07) is 9.39. The molecule has 0 bridgehead atoms. The minimum atomic E-state index is -2.90. The van der Waals surface area contributed by atoms with Gasteiger partial charge in [0.1, 0.15) is 6.04 Å². The Morgan fingerprint density at radius 1 is 1.26 bits per heavy atom. The van der Waals surface area contributed by atoms with Crippen LogP contribution in [0.15, 0.2) is 30.3 Å². The predicted octanol–water partition coefficient (Wildman–Crippen LogP) is 1.62. The summed E-state index contributed by atoms with van der Waals surface area (Å²) >= 11 is 0. The number of nitrogens with zero attached hydrogens (tertiary/aromatic N) is 1. The molecule has 23 heavy (non-hydrogen) atoms. The van der Waals surface area contributed by atoms with Crippen LogP contribution >= 0.6 is 0 Å². The Bertz CT molecular complexity index is 612. The summed E-state index contributed by atoms with van der Waals surface area (Å²) in [5, 5.41) is 2.97. The maximum atomic E-state index is 12.7. The van der Waals surface area contributed by atoms with Crippen LogP contribution in [0.3, 0.4) is 0 Å². The Kier molecular flexibility index (Phi) is 6.18. The summed E-state index contributed by atoms with van der Waals surface area (Å²) in [5.74, 6) is 0.418. The fourth-order valence-electron chi connectivity index (χ4n) is 3.13. The summed E-state index contributed by atoms with van der Waals surface area (Å²) in [6.07, 6.45) is 0.643. The normalized spacial score (nSPS) is 21.3. The van der Waals surface area contributed by atoms with Crippen molar-refractivity contribution in [2.45, 2.75) is 26.3 Å². The van der Waals surface area contributed by atoms with Crippen LogP contribution in [0.4, 0.5) is 0 Å². The van der Waals surface area contributed by atoms with Crippen LogP contribution in [0.25, 0.3) is 0 Å². The number of nitrogens with one attached hydrogen (secondary N) is 1. The van der Waals surface area contributed by atoms with Gasteiger partial charge in [-0.15, -0.1) is 0 Å². The molecule has 1 fully saturated rings. The first-order chi connectivity index (χ1) is 11.0. The number of hydrogen-bond acceptors (Lipinski definition) is 4. The second-order valence-electron chi connectivity index (χ2n) is 6.05.